The molecule has 2 aromatic rings. The molecule has 5 nitrogen and oxygen atoms in total. The Bertz CT molecular complexity index is 535. The molecule has 0 bridgehead atoms. The fraction of sp³-hybridized carbons (Fsp3) is 0.467. The van der Waals surface area contributed by atoms with E-state index >= 15 is 0 Å². The number of rotatable bonds is 6. The van der Waals surface area contributed by atoms with Crippen LogP contribution in [0.25, 0.3) is 0 Å². The average molecular weight is 275 g/mol. The maximum atomic E-state index is 9.63. The van der Waals surface area contributed by atoms with Gasteiger partial charge in [0.15, 0.2) is 5.82 Å². The first-order valence-corrected chi connectivity index (χ1v) is 6.76. The third kappa shape index (κ3) is 3.88. The van der Waals surface area contributed by atoms with Crippen molar-refractivity contribution in [1.82, 2.24) is 15.5 Å². The van der Waals surface area contributed by atoms with Crippen molar-refractivity contribution in [3.8, 4) is 0 Å². The van der Waals surface area contributed by atoms with E-state index in [1.807, 2.05) is 44.2 Å². The van der Waals surface area contributed by atoms with E-state index < -0.39 is 11.6 Å². The summed E-state index contributed by atoms with van der Waals surface area (Å²) in [4.78, 5) is 4.35. The second-order valence-corrected chi connectivity index (χ2v) is 5.52. The Morgan fingerprint density at radius 3 is 2.65 bits per heavy atom. The Labute approximate surface area is 119 Å². The summed E-state index contributed by atoms with van der Waals surface area (Å²) in [7, 11) is 0. The minimum Gasteiger partial charge on any atom is -0.392 e. The molecule has 1 heterocycles. The highest BCUT2D eigenvalue weighted by Gasteiger charge is 2.24. The van der Waals surface area contributed by atoms with Gasteiger partial charge in [0.2, 0.25) is 5.89 Å². The first kappa shape index (κ1) is 14.7. The first-order chi connectivity index (χ1) is 9.47. The topological polar surface area (TPSA) is 71.2 Å². The van der Waals surface area contributed by atoms with Crippen LogP contribution in [0.2, 0.25) is 0 Å². The second-order valence-electron chi connectivity index (χ2n) is 5.52. The summed E-state index contributed by atoms with van der Waals surface area (Å²) in [5.41, 5.74) is 0.755. The van der Waals surface area contributed by atoms with Crippen LogP contribution in [0.1, 0.15) is 38.0 Å². The number of aliphatic hydroxyl groups is 1. The SMILES string of the molecule is CC(O)C(C)(C)NCc1nc(Cc2ccccc2)no1. The zero-order chi connectivity index (χ0) is 14.6. The molecule has 0 fully saturated rings. The lowest BCUT2D eigenvalue weighted by atomic mass is 9.99. The van der Waals surface area contributed by atoms with Crippen molar-refractivity contribution >= 4 is 0 Å². The Kier molecular flexibility index (Phi) is 4.52. The number of hydrogen-bond donors (Lipinski definition) is 2. The summed E-state index contributed by atoms with van der Waals surface area (Å²) in [6.07, 6.45) is 0.193. The molecule has 20 heavy (non-hydrogen) atoms. The summed E-state index contributed by atoms with van der Waals surface area (Å²) in [6, 6.07) is 10.0. The van der Waals surface area contributed by atoms with E-state index in [2.05, 4.69) is 15.5 Å². The lowest BCUT2D eigenvalue weighted by Crippen LogP contribution is -2.47. The molecule has 2 rings (SSSR count). The lowest BCUT2D eigenvalue weighted by molar-refractivity contribution is 0.0933. The van der Waals surface area contributed by atoms with Crippen LogP contribution in [-0.2, 0) is 13.0 Å². The van der Waals surface area contributed by atoms with Gasteiger partial charge in [-0.25, -0.2) is 0 Å². The van der Waals surface area contributed by atoms with Crippen molar-refractivity contribution < 1.29 is 9.63 Å². The smallest absolute Gasteiger partial charge is 0.240 e. The summed E-state index contributed by atoms with van der Waals surface area (Å²) < 4.78 is 5.21. The van der Waals surface area contributed by atoms with Gasteiger partial charge in [0.1, 0.15) is 0 Å². The molecule has 0 aliphatic rings. The second kappa shape index (κ2) is 6.15. The van der Waals surface area contributed by atoms with Crippen LogP contribution in [0.4, 0.5) is 0 Å². The highest BCUT2D eigenvalue weighted by Crippen LogP contribution is 2.10. The van der Waals surface area contributed by atoms with Gasteiger partial charge >= 0.3 is 0 Å². The number of nitrogens with one attached hydrogen (secondary N) is 1. The van der Waals surface area contributed by atoms with Crippen LogP contribution >= 0.6 is 0 Å². The normalized spacial score (nSPS) is 13.4. The Hall–Kier alpha value is -1.72. The van der Waals surface area contributed by atoms with Crippen molar-refractivity contribution in [2.24, 2.45) is 0 Å². The van der Waals surface area contributed by atoms with E-state index in [0.29, 0.717) is 24.7 Å². The number of nitrogens with zero attached hydrogens (tertiary/aromatic N) is 2. The summed E-state index contributed by atoms with van der Waals surface area (Å²) in [5, 5.41) is 16.8. The number of aliphatic hydroxyl groups excluding tert-OH is 1. The molecule has 0 aliphatic heterocycles. The quantitative estimate of drug-likeness (QED) is 0.842. The predicted molar refractivity (Wildman–Crippen MR) is 76.1 cm³/mol. The molecule has 2 N–H and O–H groups in total. The Balaban J connectivity index is 1.93. The molecular weight excluding hydrogens is 254 g/mol. The lowest BCUT2D eigenvalue weighted by Gasteiger charge is -2.28. The van der Waals surface area contributed by atoms with Crippen molar-refractivity contribution in [2.75, 3.05) is 0 Å². The third-order valence-electron chi connectivity index (χ3n) is 3.45. The fourth-order valence-corrected chi connectivity index (χ4v) is 1.66. The molecule has 5 heteroatoms. The Morgan fingerprint density at radius 1 is 1.30 bits per heavy atom. The predicted octanol–water partition coefficient (Wildman–Crippen LogP) is 1.91. The molecule has 1 aromatic heterocycles. The van der Waals surface area contributed by atoms with Crippen LogP contribution in [0.3, 0.4) is 0 Å². The third-order valence-corrected chi connectivity index (χ3v) is 3.45. The zero-order valence-electron chi connectivity index (χ0n) is 12.1. The standard InChI is InChI=1S/C15H21N3O2/c1-11(19)15(2,3)16-10-14-17-13(18-20-14)9-12-7-5-4-6-8-12/h4-8,11,16,19H,9-10H2,1-3H3. The molecule has 0 amide bonds. The maximum Gasteiger partial charge on any atom is 0.240 e. The van der Waals surface area contributed by atoms with Gasteiger partial charge < -0.3 is 14.9 Å². The van der Waals surface area contributed by atoms with E-state index in [9.17, 15) is 5.11 Å². The van der Waals surface area contributed by atoms with Gasteiger partial charge in [-0.1, -0.05) is 35.5 Å². The van der Waals surface area contributed by atoms with Gasteiger partial charge in [0, 0.05) is 12.0 Å². The van der Waals surface area contributed by atoms with Crippen molar-refractivity contribution in [1.29, 1.82) is 0 Å². The van der Waals surface area contributed by atoms with Gasteiger partial charge in [-0.3, -0.25) is 0 Å². The van der Waals surface area contributed by atoms with Crippen molar-refractivity contribution in [2.45, 2.75) is 45.4 Å². The fourth-order valence-electron chi connectivity index (χ4n) is 1.66. The molecule has 1 aromatic carbocycles. The van der Waals surface area contributed by atoms with Crippen LogP contribution in [0, 0.1) is 0 Å². The summed E-state index contributed by atoms with van der Waals surface area (Å²) >= 11 is 0. The van der Waals surface area contributed by atoms with E-state index in [0.717, 1.165) is 5.56 Å². The molecule has 0 spiro atoms. The highest BCUT2D eigenvalue weighted by atomic mass is 16.5. The van der Waals surface area contributed by atoms with Gasteiger partial charge in [-0.15, -0.1) is 0 Å². The average Bonchev–Trinajstić information content (AvgIpc) is 2.85. The zero-order valence-corrected chi connectivity index (χ0v) is 12.1. The minimum atomic E-state index is -0.464. The van der Waals surface area contributed by atoms with Crippen LogP contribution in [0.5, 0.6) is 0 Å². The molecule has 0 aliphatic carbocycles. The molecular formula is C15H21N3O2. The van der Waals surface area contributed by atoms with Crippen molar-refractivity contribution in [3.63, 3.8) is 0 Å². The van der Waals surface area contributed by atoms with Gasteiger partial charge in [-0.2, -0.15) is 4.98 Å². The van der Waals surface area contributed by atoms with Crippen molar-refractivity contribution in [3.05, 3.63) is 47.6 Å². The molecule has 0 saturated carbocycles. The molecule has 0 radical (unpaired) electrons. The van der Waals surface area contributed by atoms with Crippen LogP contribution < -0.4 is 5.32 Å². The molecule has 0 saturated heterocycles. The van der Waals surface area contributed by atoms with Crippen LogP contribution in [0.15, 0.2) is 34.9 Å². The largest absolute Gasteiger partial charge is 0.392 e. The van der Waals surface area contributed by atoms with Crippen LogP contribution in [-0.4, -0.2) is 26.9 Å². The first-order valence-electron chi connectivity index (χ1n) is 6.76. The molecule has 1 atom stereocenters. The number of benzene rings is 1. The molecule has 108 valence electrons. The number of hydrogen-bond acceptors (Lipinski definition) is 5. The van der Waals surface area contributed by atoms with E-state index in [4.69, 9.17) is 4.52 Å². The van der Waals surface area contributed by atoms with Gasteiger partial charge in [0.05, 0.1) is 12.6 Å². The van der Waals surface area contributed by atoms with Gasteiger partial charge in [0.25, 0.3) is 0 Å². The van der Waals surface area contributed by atoms with Gasteiger partial charge in [-0.05, 0) is 26.3 Å². The monoisotopic (exact) mass is 275 g/mol. The van der Waals surface area contributed by atoms with E-state index in [-0.39, 0.29) is 0 Å². The maximum absolute atomic E-state index is 9.63. The summed E-state index contributed by atoms with van der Waals surface area (Å²) in [5.74, 6) is 1.20. The minimum absolute atomic E-state index is 0.395. The Morgan fingerprint density at radius 2 is 2.00 bits per heavy atom. The molecule has 1 unspecified atom stereocenters. The number of aromatic nitrogens is 2. The van der Waals surface area contributed by atoms with E-state index in [1.165, 1.54) is 0 Å². The van der Waals surface area contributed by atoms with E-state index in [1.54, 1.807) is 6.92 Å². The summed E-state index contributed by atoms with van der Waals surface area (Å²) in [6.45, 7) is 6.05. The highest BCUT2D eigenvalue weighted by molar-refractivity contribution is 5.18.